The number of halogens is 2. The Hall–Kier alpha value is -1.59. The molecular formula is C10H9ClFN3O. The lowest BCUT2D eigenvalue weighted by Crippen LogP contribution is -2.03. The smallest absolute Gasteiger partial charge is 0.125 e. The Bertz CT molecular complexity index is 515. The average molecular weight is 242 g/mol. The van der Waals surface area contributed by atoms with Crippen LogP contribution in [0.2, 0.25) is 5.02 Å². The summed E-state index contributed by atoms with van der Waals surface area (Å²) in [6.45, 7) is 0. The second-order valence-corrected chi connectivity index (χ2v) is 3.71. The summed E-state index contributed by atoms with van der Waals surface area (Å²) in [5.41, 5.74) is 6.18. The lowest BCUT2D eigenvalue weighted by molar-refractivity contribution is 0.220. The molecule has 4 N–H and O–H groups in total. The molecule has 0 spiro atoms. The van der Waals surface area contributed by atoms with Gasteiger partial charge in [0.2, 0.25) is 0 Å². The van der Waals surface area contributed by atoms with E-state index in [0.29, 0.717) is 5.56 Å². The van der Waals surface area contributed by atoms with Gasteiger partial charge in [-0.15, -0.1) is 0 Å². The number of hydrogen-bond acceptors (Lipinski definition) is 3. The number of nitrogen functional groups attached to an aromatic ring is 1. The van der Waals surface area contributed by atoms with Crippen molar-refractivity contribution in [2.24, 2.45) is 0 Å². The van der Waals surface area contributed by atoms with E-state index in [-0.39, 0.29) is 16.4 Å². The quantitative estimate of drug-likeness (QED) is 0.751. The number of benzene rings is 1. The van der Waals surface area contributed by atoms with Gasteiger partial charge in [0.15, 0.2) is 0 Å². The predicted molar refractivity (Wildman–Crippen MR) is 58.5 cm³/mol. The van der Waals surface area contributed by atoms with Crippen molar-refractivity contribution in [3.8, 4) is 0 Å². The van der Waals surface area contributed by atoms with Crippen molar-refractivity contribution in [3.63, 3.8) is 0 Å². The number of hydrogen-bond donors (Lipinski definition) is 3. The van der Waals surface area contributed by atoms with Gasteiger partial charge in [0.25, 0.3) is 0 Å². The Morgan fingerprint density at radius 3 is 2.81 bits per heavy atom. The van der Waals surface area contributed by atoms with Crippen LogP contribution >= 0.6 is 11.6 Å². The number of anilines is 1. The summed E-state index contributed by atoms with van der Waals surface area (Å²) in [4.78, 5) is 0. The van der Waals surface area contributed by atoms with Gasteiger partial charge in [-0.25, -0.2) is 4.39 Å². The molecule has 6 heteroatoms. The summed E-state index contributed by atoms with van der Waals surface area (Å²) in [5.74, 6) is -0.242. The van der Waals surface area contributed by atoms with Crippen LogP contribution in [0.3, 0.4) is 0 Å². The summed E-state index contributed by atoms with van der Waals surface area (Å²) < 4.78 is 13.0. The number of aromatic nitrogens is 2. The van der Waals surface area contributed by atoms with Crippen LogP contribution in [0.1, 0.15) is 17.2 Å². The first-order chi connectivity index (χ1) is 7.59. The molecule has 0 saturated carbocycles. The van der Waals surface area contributed by atoms with Gasteiger partial charge in [0.1, 0.15) is 17.7 Å². The van der Waals surface area contributed by atoms with Crippen LogP contribution in [0.15, 0.2) is 24.4 Å². The second-order valence-electron chi connectivity index (χ2n) is 3.31. The number of nitrogens with zero attached hydrogens (tertiary/aromatic N) is 1. The molecule has 1 atom stereocenters. The van der Waals surface area contributed by atoms with E-state index in [2.05, 4.69) is 10.2 Å². The third-order valence-electron chi connectivity index (χ3n) is 2.25. The number of aliphatic hydroxyl groups excluding tert-OH is 1. The third-order valence-corrected chi connectivity index (χ3v) is 2.59. The van der Waals surface area contributed by atoms with Crippen molar-refractivity contribution < 1.29 is 9.50 Å². The summed E-state index contributed by atoms with van der Waals surface area (Å²) in [6, 6.07) is 3.77. The van der Waals surface area contributed by atoms with Gasteiger partial charge in [0.05, 0.1) is 6.20 Å². The molecule has 1 unspecified atom stereocenters. The zero-order valence-electron chi connectivity index (χ0n) is 8.11. The van der Waals surface area contributed by atoms with Gasteiger partial charge in [0, 0.05) is 16.1 Å². The molecule has 1 heterocycles. The normalized spacial score (nSPS) is 12.7. The molecule has 4 nitrogen and oxygen atoms in total. The van der Waals surface area contributed by atoms with Crippen LogP contribution in [-0.4, -0.2) is 15.3 Å². The zero-order chi connectivity index (χ0) is 11.7. The van der Waals surface area contributed by atoms with E-state index in [1.807, 2.05) is 0 Å². The average Bonchev–Trinajstić information content (AvgIpc) is 2.67. The minimum Gasteiger partial charge on any atom is -0.384 e. The zero-order valence-corrected chi connectivity index (χ0v) is 8.87. The molecule has 0 aliphatic carbocycles. The number of aromatic amines is 1. The second kappa shape index (κ2) is 4.11. The van der Waals surface area contributed by atoms with Crippen LogP contribution in [0, 0.1) is 5.82 Å². The van der Waals surface area contributed by atoms with E-state index >= 15 is 0 Å². The Balaban J connectivity index is 2.45. The lowest BCUT2D eigenvalue weighted by atomic mass is 10.0. The largest absolute Gasteiger partial charge is 0.384 e. The standard InChI is InChI=1S/C10H9ClFN3O/c11-8-2-1-5(12)3-6(8)9(16)7-4-14-15-10(7)13/h1-4,9,16H,(H3,13,14,15). The van der Waals surface area contributed by atoms with E-state index in [0.717, 1.165) is 0 Å². The molecule has 1 aromatic heterocycles. The highest BCUT2D eigenvalue weighted by Crippen LogP contribution is 2.30. The molecule has 0 fully saturated rings. The van der Waals surface area contributed by atoms with E-state index in [4.69, 9.17) is 17.3 Å². The van der Waals surface area contributed by atoms with Crippen molar-refractivity contribution in [3.05, 3.63) is 46.4 Å². The molecule has 16 heavy (non-hydrogen) atoms. The molecule has 0 amide bonds. The number of H-pyrrole nitrogens is 1. The number of aliphatic hydroxyl groups is 1. The van der Waals surface area contributed by atoms with Crippen molar-refractivity contribution in [1.82, 2.24) is 10.2 Å². The van der Waals surface area contributed by atoms with Gasteiger partial charge in [-0.3, -0.25) is 5.10 Å². The molecule has 2 aromatic rings. The minimum absolute atomic E-state index is 0.229. The SMILES string of the molecule is Nc1[nH]ncc1C(O)c1cc(F)ccc1Cl. The first-order valence-electron chi connectivity index (χ1n) is 4.51. The maximum atomic E-state index is 13.0. The van der Waals surface area contributed by atoms with Crippen LogP contribution in [0.25, 0.3) is 0 Å². The van der Waals surface area contributed by atoms with E-state index < -0.39 is 11.9 Å². The molecule has 1 aromatic carbocycles. The van der Waals surface area contributed by atoms with Crippen molar-refractivity contribution in [2.45, 2.75) is 6.10 Å². The fourth-order valence-electron chi connectivity index (χ4n) is 1.42. The molecule has 84 valence electrons. The highest BCUT2D eigenvalue weighted by atomic mass is 35.5. The van der Waals surface area contributed by atoms with E-state index in [1.165, 1.54) is 24.4 Å². The minimum atomic E-state index is -1.10. The van der Waals surface area contributed by atoms with Crippen molar-refractivity contribution in [1.29, 1.82) is 0 Å². The van der Waals surface area contributed by atoms with Gasteiger partial charge >= 0.3 is 0 Å². The molecule has 0 aliphatic rings. The molecule has 0 bridgehead atoms. The fourth-order valence-corrected chi connectivity index (χ4v) is 1.64. The summed E-state index contributed by atoms with van der Waals surface area (Å²) in [6.07, 6.45) is 0.281. The molecule has 0 saturated heterocycles. The van der Waals surface area contributed by atoms with E-state index in [9.17, 15) is 9.50 Å². The van der Waals surface area contributed by atoms with Gasteiger partial charge in [-0.2, -0.15) is 5.10 Å². The maximum absolute atomic E-state index is 13.0. The van der Waals surface area contributed by atoms with Crippen LogP contribution < -0.4 is 5.73 Å². The van der Waals surface area contributed by atoms with Crippen molar-refractivity contribution in [2.75, 3.05) is 5.73 Å². The topological polar surface area (TPSA) is 74.9 Å². The Labute approximate surface area is 95.9 Å². The highest BCUT2D eigenvalue weighted by molar-refractivity contribution is 6.31. The van der Waals surface area contributed by atoms with Gasteiger partial charge in [-0.1, -0.05) is 11.6 Å². The van der Waals surface area contributed by atoms with Gasteiger partial charge < -0.3 is 10.8 Å². The van der Waals surface area contributed by atoms with Gasteiger partial charge in [-0.05, 0) is 18.2 Å². The third kappa shape index (κ3) is 1.87. The predicted octanol–water partition coefficient (Wildman–Crippen LogP) is 1.87. The molecule has 2 rings (SSSR count). The maximum Gasteiger partial charge on any atom is 0.125 e. The Morgan fingerprint density at radius 1 is 1.44 bits per heavy atom. The van der Waals surface area contributed by atoms with Crippen molar-refractivity contribution >= 4 is 17.4 Å². The van der Waals surface area contributed by atoms with Crippen LogP contribution in [-0.2, 0) is 0 Å². The van der Waals surface area contributed by atoms with Crippen LogP contribution in [0.4, 0.5) is 10.2 Å². The lowest BCUT2D eigenvalue weighted by Gasteiger charge is -2.11. The fraction of sp³-hybridized carbons (Fsp3) is 0.100. The number of nitrogens with two attached hydrogens (primary N) is 1. The highest BCUT2D eigenvalue weighted by Gasteiger charge is 2.18. The molecular weight excluding hydrogens is 233 g/mol. The monoisotopic (exact) mass is 241 g/mol. The molecule has 0 radical (unpaired) electrons. The number of nitrogens with one attached hydrogen (secondary N) is 1. The summed E-state index contributed by atoms with van der Waals surface area (Å²) in [7, 11) is 0. The first kappa shape index (κ1) is 10.9. The molecule has 0 aliphatic heterocycles. The Morgan fingerprint density at radius 2 is 2.19 bits per heavy atom. The summed E-state index contributed by atoms with van der Waals surface area (Å²) in [5, 5.41) is 16.4. The Kier molecular flexibility index (Phi) is 2.80. The number of rotatable bonds is 2. The first-order valence-corrected chi connectivity index (χ1v) is 4.89. The summed E-state index contributed by atoms with van der Waals surface area (Å²) >= 11 is 5.86. The van der Waals surface area contributed by atoms with Crippen LogP contribution in [0.5, 0.6) is 0 Å². The van der Waals surface area contributed by atoms with E-state index in [1.54, 1.807) is 0 Å².